The molecule has 1 amide bonds. The lowest BCUT2D eigenvalue weighted by Gasteiger charge is -2.33. The zero-order chi connectivity index (χ0) is 14.4. The summed E-state index contributed by atoms with van der Waals surface area (Å²) in [4.78, 5) is 35.3. The maximum atomic E-state index is 11.9. The molecule has 6 heteroatoms. The van der Waals surface area contributed by atoms with Crippen LogP contribution in [0.5, 0.6) is 0 Å². The lowest BCUT2D eigenvalue weighted by Crippen LogP contribution is -2.41. The van der Waals surface area contributed by atoms with Crippen LogP contribution in [0, 0.1) is 11.8 Å². The van der Waals surface area contributed by atoms with Gasteiger partial charge in [0.2, 0.25) is 0 Å². The highest BCUT2D eigenvalue weighted by molar-refractivity contribution is 5.83. The van der Waals surface area contributed by atoms with Crippen molar-refractivity contribution in [2.24, 2.45) is 11.8 Å². The molecule has 1 saturated heterocycles. The Morgan fingerprint density at radius 2 is 1.89 bits per heavy atom. The summed E-state index contributed by atoms with van der Waals surface area (Å²) in [6.07, 6.45) is 0.445. The number of likely N-dealkylation sites (tertiary alicyclic amines) is 1. The Bertz CT molecular complexity index is 347. The lowest BCUT2D eigenvalue weighted by molar-refractivity contribution is -0.152. The Hall–Kier alpha value is -1.59. The molecule has 108 valence electrons. The Balaban J connectivity index is 2.64. The molecule has 0 aromatic carbocycles. The van der Waals surface area contributed by atoms with Crippen LogP contribution in [-0.2, 0) is 14.3 Å². The van der Waals surface area contributed by atoms with E-state index in [1.807, 2.05) is 0 Å². The molecule has 6 nitrogen and oxygen atoms in total. The van der Waals surface area contributed by atoms with Crippen molar-refractivity contribution < 1.29 is 24.2 Å². The summed E-state index contributed by atoms with van der Waals surface area (Å²) in [5.41, 5.74) is 0. The molecule has 0 aromatic heterocycles. The summed E-state index contributed by atoms with van der Waals surface area (Å²) in [5.74, 6) is -0.794. The quantitative estimate of drug-likeness (QED) is 0.767. The summed E-state index contributed by atoms with van der Waals surface area (Å²) in [6, 6.07) is 0. The van der Waals surface area contributed by atoms with Gasteiger partial charge < -0.3 is 19.5 Å². The first-order chi connectivity index (χ1) is 8.95. The number of carbonyl (C=O) groups is 3. The van der Waals surface area contributed by atoms with Crippen molar-refractivity contribution in [1.29, 1.82) is 0 Å². The molecule has 1 aliphatic rings. The van der Waals surface area contributed by atoms with Crippen molar-refractivity contribution in [1.82, 2.24) is 4.90 Å². The number of ether oxygens (including phenoxy) is 1. The van der Waals surface area contributed by atoms with Crippen molar-refractivity contribution in [3.8, 4) is 0 Å². The van der Waals surface area contributed by atoms with Gasteiger partial charge in [-0.25, -0.2) is 4.79 Å². The Labute approximate surface area is 112 Å². The van der Waals surface area contributed by atoms with Crippen LogP contribution in [0.1, 0.15) is 33.1 Å². The third-order valence-corrected chi connectivity index (χ3v) is 3.48. The Kier molecular flexibility index (Phi) is 5.79. The van der Waals surface area contributed by atoms with Gasteiger partial charge in [-0.05, 0) is 32.6 Å². The van der Waals surface area contributed by atoms with Crippen LogP contribution < -0.4 is 0 Å². The number of ketones is 1. The molecule has 0 saturated carbocycles. The van der Waals surface area contributed by atoms with E-state index in [0.717, 1.165) is 0 Å². The van der Waals surface area contributed by atoms with Gasteiger partial charge in [0, 0.05) is 19.5 Å². The second-order valence-electron chi connectivity index (χ2n) is 4.87. The summed E-state index contributed by atoms with van der Waals surface area (Å²) in [7, 11) is 0. The predicted octanol–water partition coefficient (Wildman–Crippen LogP) is 1.53. The van der Waals surface area contributed by atoms with E-state index < -0.39 is 12.0 Å². The summed E-state index contributed by atoms with van der Waals surface area (Å²) >= 11 is 0. The third kappa shape index (κ3) is 4.54. The van der Waals surface area contributed by atoms with Gasteiger partial charge >= 0.3 is 12.1 Å². The minimum atomic E-state index is -0.933. The zero-order valence-corrected chi connectivity index (χ0v) is 11.4. The van der Waals surface area contributed by atoms with Crippen LogP contribution in [0.25, 0.3) is 0 Å². The number of Topliss-reactive ketones (excluding diaryl/α,β-unsaturated/α-hetero) is 1. The van der Waals surface area contributed by atoms with E-state index in [4.69, 9.17) is 9.84 Å². The maximum absolute atomic E-state index is 11.9. The number of hydrogen-bond donors (Lipinski definition) is 1. The van der Waals surface area contributed by atoms with Crippen LogP contribution in [0.4, 0.5) is 4.79 Å². The maximum Gasteiger partial charge on any atom is 0.407 e. The van der Waals surface area contributed by atoms with Gasteiger partial charge in [0.25, 0.3) is 0 Å². The number of hydrogen-bond acceptors (Lipinski definition) is 4. The number of esters is 1. The fourth-order valence-electron chi connectivity index (χ4n) is 2.49. The molecule has 1 unspecified atom stereocenters. The van der Waals surface area contributed by atoms with Crippen molar-refractivity contribution >= 4 is 17.8 Å². The van der Waals surface area contributed by atoms with Crippen molar-refractivity contribution in [3.05, 3.63) is 0 Å². The van der Waals surface area contributed by atoms with Gasteiger partial charge in [-0.15, -0.1) is 0 Å². The monoisotopic (exact) mass is 271 g/mol. The van der Waals surface area contributed by atoms with Crippen LogP contribution in [-0.4, -0.2) is 47.5 Å². The van der Waals surface area contributed by atoms with Gasteiger partial charge in [-0.2, -0.15) is 0 Å². The van der Waals surface area contributed by atoms with Gasteiger partial charge in [-0.1, -0.05) is 0 Å². The molecular weight excluding hydrogens is 250 g/mol. The highest BCUT2D eigenvalue weighted by Crippen LogP contribution is 2.28. The Morgan fingerprint density at radius 3 is 2.32 bits per heavy atom. The number of carbonyl (C=O) groups excluding carboxylic acids is 2. The number of piperidine rings is 1. The lowest BCUT2D eigenvalue weighted by atomic mass is 9.81. The largest absolute Gasteiger partial charge is 0.466 e. The highest BCUT2D eigenvalue weighted by Gasteiger charge is 2.34. The van der Waals surface area contributed by atoms with Crippen molar-refractivity contribution in [3.63, 3.8) is 0 Å². The second kappa shape index (κ2) is 7.11. The number of rotatable bonds is 5. The molecule has 1 heterocycles. The number of nitrogens with zero attached hydrogens (tertiary/aromatic N) is 1. The van der Waals surface area contributed by atoms with Crippen molar-refractivity contribution in [2.45, 2.75) is 33.1 Å². The fraction of sp³-hybridized carbons (Fsp3) is 0.769. The van der Waals surface area contributed by atoms with Crippen LogP contribution >= 0.6 is 0 Å². The Morgan fingerprint density at radius 1 is 1.32 bits per heavy atom. The molecule has 0 aliphatic carbocycles. The number of carboxylic acid groups (broad SMARTS) is 1. The van der Waals surface area contributed by atoms with Gasteiger partial charge in [0.05, 0.1) is 12.5 Å². The van der Waals surface area contributed by atoms with E-state index >= 15 is 0 Å². The SMILES string of the molecule is CCOC(=O)C(CC(C)=O)C1CCN(C(=O)O)CC1. The van der Waals surface area contributed by atoms with Gasteiger partial charge in [-0.3, -0.25) is 4.79 Å². The molecule has 0 spiro atoms. The van der Waals surface area contributed by atoms with Gasteiger partial charge in [0.15, 0.2) is 0 Å². The molecule has 1 rings (SSSR count). The minimum absolute atomic E-state index is 0.0264. The third-order valence-electron chi connectivity index (χ3n) is 3.48. The van der Waals surface area contributed by atoms with Crippen LogP contribution in [0.15, 0.2) is 0 Å². The fourth-order valence-corrected chi connectivity index (χ4v) is 2.49. The summed E-state index contributed by atoms with van der Waals surface area (Å²) in [5, 5.41) is 8.88. The normalized spacial score (nSPS) is 17.9. The molecule has 1 aliphatic heterocycles. The van der Waals surface area contributed by atoms with Crippen molar-refractivity contribution in [2.75, 3.05) is 19.7 Å². The van der Waals surface area contributed by atoms with E-state index in [-0.39, 0.29) is 24.1 Å². The first kappa shape index (κ1) is 15.5. The minimum Gasteiger partial charge on any atom is -0.466 e. The highest BCUT2D eigenvalue weighted by atomic mass is 16.5. The smallest absolute Gasteiger partial charge is 0.407 e. The second-order valence-corrected chi connectivity index (χ2v) is 4.87. The zero-order valence-electron chi connectivity index (χ0n) is 11.4. The standard InChI is InChI=1S/C13H21NO5/c1-3-19-12(16)11(8-9(2)15)10-4-6-14(7-5-10)13(17)18/h10-11H,3-8H2,1-2H3,(H,17,18). The number of amides is 1. The predicted molar refractivity (Wildman–Crippen MR) is 67.7 cm³/mol. The first-order valence-electron chi connectivity index (χ1n) is 6.59. The van der Waals surface area contributed by atoms with E-state index in [0.29, 0.717) is 32.5 Å². The van der Waals surface area contributed by atoms with Crippen LogP contribution in [0.3, 0.4) is 0 Å². The van der Waals surface area contributed by atoms with E-state index in [9.17, 15) is 14.4 Å². The molecule has 19 heavy (non-hydrogen) atoms. The van der Waals surface area contributed by atoms with E-state index in [1.165, 1.54) is 11.8 Å². The van der Waals surface area contributed by atoms with E-state index in [2.05, 4.69) is 0 Å². The summed E-state index contributed by atoms with van der Waals surface area (Å²) in [6.45, 7) is 4.30. The van der Waals surface area contributed by atoms with Crippen LogP contribution in [0.2, 0.25) is 0 Å². The summed E-state index contributed by atoms with van der Waals surface area (Å²) < 4.78 is 5.01. The topological polar surface area (TPSA) is 83.9 Å². The average Bonchev–Trinajstić information content (AvgIpc) is 2.36. The molecule has 0 aromatic rings. The molecular formula is C13H21NO5. The molecule has 1 fully saturated rings. The first-order valence-corrected chi connectivity index (χ1v) is 6.59. The molecule has 1 atom stereocenters. The average molecular weight is 271 g/mol. The van der Waals surface area contributed by atoms with E-state index in [1.54, 1.807) is 6.92 Å². The molecule has 1 N–H and O–H groups in total. The molecule has 0 radical (unpaired) electrons. The van der Waals surface area contributed by atoms with Gasteiger partial charge in [0.1, 0.15) is 5.78 Å². The molecule has 0 bridgehead atoms.